The standard InChI is InChI=1S/C7H16N2O2/c1-3-9-6(7(8)10)5-11-4-2/h6,9H,3-5H2,1-2H3,(H2,8,10). The van der Waals surface area contributed by atoms with Crippen molar-refractivity contribution >= 4 is 5.91 Å². The number of ether oxygens (including phenoxy) is 1. The molecule has 0 aromatic rings. The van der Waals surface area contributed by atoms with Crippen molar-refractivity contribution < 1.29 is 9.53 Å². The van der Waals surface area contributed by atoms with Crippen LogP contribution >= 0.6 is 0 Å². The first kappa shape index (κ1) is 10.4. The zero-order chi connectivity index (χ0) is 8.69. The molecule has 11 heavy (non-hydrogen) atoms. The Labute approximate surface area is 67.1 Å². The van der Waals surface area contributed by atoms with Gasteiger partial charge >= 0.3 is 0 Å². The molecule has 1 atom stereocenters. The zero-order valence-corrected chi connectivity index (χ0v) is 7.09. The molecule has 0 rings (SSSR count). The minimum atomic E-state index is -0.361. The molecule has 66 valence electrons. The Balaban J connectivity index is 3.60. The van der Waals surface area contributed by atoms with Crippen LogP contribution in [0.5, 0.6) is 0 Å². The maximum atomic E-state index is 10.7. The van der Waals surface area contributed by atoms with Gasteiger partial charge in [-0.15, -0.1) is 0 Å². The lowest BCUT2D eigenvalue weighted by Crippen LogP contribution is -2.44. The molecule has 4 heteroatoms. The summed E-state index contributed by atoms with van der Waals surface area (Å²) < 4.78 is 5.05. The van der Waals surface area contributed by atoms with Gasteiger partial charge < -0.3 is 15.8 Å². The van der Waals surface area contributed by atoms with Crippen LogP contribution in [0.2, 0.25) is 0 Å². The molecular formula is C7H16N2O2. The van der Waals surface area contributed by atoms with Crippen LogP contribution in [-0.2, 0) is 9.53 Å². The second kappa shape index (κ2) is 6.12. The van der Waals surface area contributed by atoms with E-state index >= 15 is 0 Å². The zero-order valence-electron chi connectivity index (χ0n) is 7.09. The van der Waals surface area contributed by atoms with E-state index in [2.05, 4.69) is 5.32 Å². The second-order valence-electron chi connectivity index (χ2n) is 2.17. The van der Waals surface area contributed by atoms with Gasteiger partial charge in [0, 0.05) is 6.61 Å². The summed E-state index contributed by atoms with van der Waals surface area (Å²) in [6.45, 7) is 5.49. The van der Waals surface area contributed by atoms with E-state index in [1.807, 2.05) is 13.8 Å². The lowest BCUT2D eigenvalue weighted by Gasteiger charge is -2.12. The fourth-order valence-electron chi connectivity index (χ4n) is 0.724. The molecule has 0 radical (unpaired) electrons. The first-order valence-electron chi connectivity index (χ1n) is 3.82. The third kappa shape index (κ3) is 4.75. The highest BCUT2D eigenvalue weighted by Gasteiger charge is 2.12. The Hall–Kier alpha value is -0.610. The molecule has 0 aromatic heterocycles. The van der Waals surface area contributed by atoms with Crippen LogP contribution in [0, 0.1) is 0 Å². The Morgan fingerprint density at radius 3 is 2.64 bits per heavy atom. The molecule has 0 aliphatic heterocycles. The third-order valence-corrected chi connectivity index (χ3v) is 1.28. The quantitative estimate of drug-likeness (QED) is 0.550. The summed E-state index contributed by atoms with van der Waals surface area (Å²) in [4.78, 5) is 10.7. The van der Waals surface area contributed by atoms with Gasteiger partial charge in [0.1, 0.15) is 6.04 Å². The van der Waals surface area contributed by atoms with E-state index in [1.165, 1.54) is 0 Å². The Kier molecular flexibility index (Phi) is 5.78. The molecule has 0 bridgehead atoms. The van der Waals surface area contributed by atoms with E-state index in [0.717, 1.165) is 6.54 Å². The number of carbonyl (C=O) groups is 1. The Morgan fingerprint density at radius 1 is 1.64 bits per heavy atom. The van der Waals surface area contributed by atoms with Crippen LogP contribution in [0.15, 0.2) is 0 Å². The molecule has 0 spiro atoms. The largest absolute Gasteiger partial charge is 0.380 e. The average Bonchev–Trinajstić information content (AvgIpc) is 1.97. The number of hydrogen-bond donors (Lipinski definition) is 2. The first-order chi connectivity index (χ1) is 5.22. The van der Waals surface area contributed by atoms with Gasteiger partial charge in [-0.05, 0) is 13.5 Å². The van der Waals surface area contributed by atoms with Crippen LogP contribution in [0.25, 0.3) is 0 Å². The summed E-state index contributed by atoms with van der Waals surface area (Å²) in [6.07, 6.45) is 0. The maximum Gasteiger partial charge on any atom is 0.236 e. The number of carbonyl (C=O) groups excluding carboxylic acids is 1. The second-order valence-corrected chi connectivity index (χ2v) is 2.17. The third-order valence-electron chi connectivity index (χ3n) is 1.28. The number of rotatable bonds is 6. The van der Waals surface area contributed by atoms with Gasteiger partial charge in [-0.1, -0.05) is 6.92 Å². The normalized spacial score (nSPS) is 12.9. The summed E-state index contributed by atoms with van der Waals surface area (Å²) in [7, 11) is 0. The van der Waals surface area contributed by atoms with Gasteiger partial charge in [-0.25, -0.2) is 0 Å². The number of amides is 1. The molecule has 0 saturated heterocycles. The number of nitrogens with two attached hydrogens (primary N) is 1. The van der Waals surface area contributed by atoms with Crippen molar-refractivity contribution in [2.45, 2.75) is 19.9 Å². The summed E-state index contributed by atoms with van der Waals surface area (Å²) in [5.41, 5.74) is 5.08. The van der Waals surface area contributed by atoms with Crippen molar-refractivity contribution in [3.63, 3.8) is 0 Å². The highest BCUT2D eigenvalue weighted by molar-refractivity contribution is 5.79. The van der Waals surface area contributed by atoms with E-state index in [0.29, 0.717) is 13.2 Å². The highest BCUT2D eigenvalue weighted by atomic mass is 16.5. The number of hydrogen-bond acceptors (Lipinski definition) is 3. The fourth-order valence-corrected chi connectivity index (χ4v) is 0.724. The SMILES string of the molecule is CCNC(COCC)C(N)=O. The first-order valence-corrected chi connectivity index (χ1v) is 3.82. The summed E-state index contributed by atoms with van der Waals surface area (Å²) in [6, 6.07) is -0.347. The van der Waals surface area contributed by atoms with E-state index < -0.39 is 0 Å². The maximum absolute atomic E-state index is 10.7. The highest BCUT2D eigenvalue weighted by Crippen LogP contribution is 1.84. The van der Waals surface area contributed by atoms with Crippen LogP contribution in [-0.4, -0.2) is 31.7 Å². The van der Waals surface area contributed by atoms with Crippen LogP contribution in [0.1, 0.15) is 13.8 Å². The summed E-state index contributed by atoms with van der Waals surface area (Å²) in [5.74, 6) is -0.361. The van der Waals surface area contributed by atoms with E-state index in [1.54, 1.807) is 0 Å². The van der Waals surface area contributed by atoms with Crippen molar-refractivity contribution in [2.24, 2.45) is 5.73 Å². The van der Waals surface area contributed by atoms with Crippen LogP contribution < -0.4 is 11.1 Å². The van der Waals surface area contributed by atoms with Gasteiger partial charge in [0.15, 0.2) is 0 Å². The smallest absolute Gasteiger partial charge is 0.236 e. The predicted molar refractivity (Wildman–Crippen MR) is 43.2 cm³/mol. The molecule has 3 N–H and O–H groups in total. The molecule has 4 nitrogen and oxygen atoms in total. The Morgan fingerprint density at radius 2 is 2.27 bits per heavy atom. The molecule has 0 fully saturated rings. The molecule has 0 heterocycles. The number of likely N-dealkylation sites (N-methyl/N-ethyl adjacent to an activating group) is 1. The predicted octanol–water partition coefficient (Wildman–Crippen LogP) is -0.514. The molecule has 0 aromatic carbocycles. The van der Waals surface area contributed by atoms with Crippen molar-refractivity contribution in [1.82, 2.24) is 5.32 Å². The van der Waals surface area contributed by atoms with Crippen molar-refractivity contribution in [2.75, 3.05) is 19.8 Å². The number of nitrogens with one attached hydrogen (secondary N) is 1. The number of primary amides is 1. The van der Waals surface area contributed by atoms with Crippen molar-refractivity contribution in [1.29, 1.82) is 0 Å². The minimum absolute atomic E-state index is 0.347. The molecule has 0 aliphatic rings. The lowest BCUT2D eigenvalue weighted by atomic mass is 10.3. The van der Waals surface area contributed by atoms with E-state index in [9.17, 15) is 4.79 Å². The molecule has 0 aliphatic carbocycles. The van der Waals surface area contributed by atoms with Gasteiger partial charge in [-0.3, -0.25) is 4.79 Å². The summed E-state index contributed by atoms with van der Waals surface area (Å²) in [5, 5.41) is 2.92. The van der Waals surface area contributed by atoms with Gasteiger partial charge in [0.05, 0.1) is 6.61 Å². The Bertz CT molecular complexity index is 117. The fraction of sp³-hybridized carbons (Fsp3) is 0.857. The molecular weight excluding hydrogens is 144 g/mol. The van der Waals surface area contributed by atoms with Crippen LogP contribution in [0.3, 0.4) is 0 Å². The molecule has 1 amide bonds. The molecule has 0 saturated carbocycles. The molecule has 1 unspecified atom stereocenters. The lowest BCUT2D eigenvalue weighted by molar-refractivity contribution is -0.121. The van der Waals surface area contributed by atoms with E-state index in [-0.39, 0.29) is 11.9 Å². The van der Waals surface area contributed by atoms with Crippen molar-refractivity contribution in [3.8, 4) is 0 Å². The average molecular weight is 160 g/mol. The van der Waals surface area contributed by atoms with Gasteiger partial charge in [-0.2, -0.15) is 0 Å². The topological polar surface area (TPSA) is 64.3 Å². The summed E-state index contributed by atoms with van der Waals surface area (Å²) >= 11 is 0. The van der Waals surface area contributed by atoms with Crippen LogP contribution in [0.4, 0.5) is 0 Å². The van der Waals surface area contributed by atoms with Gasteiger partial charge in [0.25, 0.3) is 0 Å². The van der Waals surface area contributed by atoms with Gasteiger partial charge in [0.2, 0.25) is 5.91 Å². The van der Waals surface area contributed by atoms with E-state index in [4.69, 9.17) is 10.5 Å². The van der Waals surface area contributed by atoms with Crippen molar-refractivity contribution in [3.05, 3.63) is 0 Å². The minimum Gasteiger partial charge on any atom is -0.380 e. The monoisotopic (exact) mass is 160 g/mol.